The number of rotatable bonds is 4. The second-order valence-corrected chi connectivity index (χ2v) is 5.98. The smallest absolute Gasteiger partial charge is 0.234 e. The number of hydrogen-bond acceptors (Lipinski definition) is 5. The first-order valence-corrected chi connectivity index (χ1v) is 7.56. The Morgan fingerprint density at radius 3 is 2.89 bits per heavy atom. The molecule has 0 aliphatic heterocycles. The summed E-state index contributed by atoms with van der Waals surface area (Å²) in [6, 6.07) is 0. The minimum atomic E-state index is 0.563. The van der Waals surface area contributed by atoms with Crippen LogP contribution in [0.4, 0.5) is 0 Å². The zero-order chi connectivity index (χ0) is 12.4. The molecule has 0 aromatic carbocycles. The van der Waals surface area contributed by atoms with Crippen molar-refractivity contribution in [1.82, 2.24) is 25.1 Å². The van der Waals surface area contributed by atoms with E-state index < -0.39 is 0 Å². The monoisotopic (exact) mass is 265 g/mol. The summed E-state index contributed by atoms with van der Waals surface area (Å²) < 4.78 is 1.98. The summed E-state index contributed by atoms with van der Waals surface area (Å²) in [6.45, 7) is 0.961. The van der Waals surface area contributed by atoms with Crippen molar-refractivity contribution in [3.05, 3.63) is 10.8 Å². The van der Waals surface area contributed by atoms with Gasteiger partial charge in [0.1, 0.15) is 5.01 Å². The number of nitrogens with one attached hydrogen (secondary N) is 1. The first kappa shape index (κ1) is 12.0. The SMILES string of the molecule is CNCCc1nn2c(C3CCCCC3)nnc2s1. The molecule has 18 heavy (non-hydrogen) atoms. The molecule has 2 aromatic rings. The maximum Gasteiger partial charge on any atom is 0.234 e. The van der Waals surface area contributed by atoms with E-state index in [1.807, 2.05) is 11.6 Å². The molecule has 3 rings (SSSR count). The van der Waals surface area contributed by atoms with Crippen LogP contribution in [-0.2, 0) is 6.42 Å². The molecular formula is C12H19N5S. The van der Waals surface area contributed by atoms with Crippen molar-refractivity contribution < 1.29 is 0 Å². The van der Waals surface area contributed by atoms with E-state index in [0.29, 0.717) is 5.92 Å². The van der Waals surface area contributed by atoms with Gasteiger partial charge in [-0.2, -0.15) is 9.61 Å². The van der Waals surface area contributed by atoms with Crippen LogP contribution in [0.15, 0.2) is 0 Å². The molecule has 1 fully saturated rings. The topological polar surface area (TPSA) is 55.1 Å². The third-order valence-corrected chi connectivity index (χ3v) is 4.57. The Bertz CT molecular complexity index is 511. The Labute approximate surface area is 111 Å². The van der Waals surface area contributed by atoms with Gasteiger partial charge in [-0.1, -0.05) is 30.6 Å². The van der Waals surface area contributed by atoms with Crippen LogP contribution >= 0.6 is 11.3 Å². The minimum Gasteiger partial charge on any atom is -0.319 e. The summed E-state index contributed by atoms with van der Waals surface area (Å²) >= 11 is 1.66. The Morgan fingerprint density at radius 1 is 1.28 bits per heavy atom. The Hall–Kier alpha value is -1.01. The van der Waals surface area contributed by atoms with E-state index in [2.05, 4.69) is 20.6 Å². The van der Waals surface area contributed by atoms with Crippen LogP contribution in [0, 0.1) is 0 Å². The molecule has 1 N–H and O–H groups in total. The molecular weight excluding hydrogens is 246 g/mol. The predicted molar refractivity (Wildman–Crippen MR) is 72.1 cm³/mol. The van der Waals surface area contributed by atoms with Crippen LogP contribution in [-0.4, -0.2) is 33.4 Å². The van der Waals surface area contributed by atoms with Gasteiger partial charge in [-0.3, -0.25) is 0 Å². The molecule has 1 saturated carbocycles. The van der Waals surface area contributed by atoms with E-state index in [1.54, 1.807) is 11.3 Å². The highest BCUT2D eigenvalue weighted by atomic mass is 32.1. The summed E-state index contributed by atoms with van der Waals surface area (Å²) in [6.07, 6.45) is 7.44. The van der Waals surface area contributed by atoms with Crippen molar-refractivity contribution in [2.24, 2.45) is 0 Å². The molecule has 98 valence electrons. The van der Waals surface area contributed by atoms with E-state index >= 15 is 0 Å². The molecule has 0 atom stereocenters. The fraction of sp³-hybridized carbons (Fsp3) is 0.750. The van der Waals surface area contributed by atoms with E-state index in [9.17, 15) is 0 Å². The minimum absolute atomic E-state index is 0.563. The summed E-state index contributed by atoms with van der Waals surface area (Å²) in [5, 5.41) is 17.6. The van der Waals surface area contributed by atoms with Gasteiger partial charge in [0.25, 0.3) is 0 Å². The second kappa shape index (κ2) is 5.32. The van der Waals surface area contributed by atoms with E-state index in [-0.39, 0.29) is 0 Å². The molecule has 2 aromatic heterocycles. The van der Waals surface area contributed by atoms with Gasteiger partial charge >= 0.3 is 0 Å². The standard InChI is InChI=1S/C12H19N5S/c1-13-8-7-10-16-17-11(14-15-12(17)18-10)9-5-3-2-4-6-9/h9,13H,2-8H2,1H3. The molecule has 0 amide bonds. The van der Waals surface area contributed by atoms with Crippen molar-refractivity contribution in [2.45, 2.75) is 44.4 Å². The van der Waals surface area contributed by atoms with Crippen LogP contribution in [0.25, 0.3) is 4.96 Å². The van der Waals surface area contributed by atoms with E-state index in [1.165, 1.54) is 32.1 Å². The highest BCUT2D eigenvalue weighted by Crippen LogP contribution is 2.32. The van der Waals surface area contributed by atoms with Crippen LogP contribution in [0.2, 0.25) is 0 Å². The first-order chi connectivity index (χ1) is 8.88. The number of hydrogen-bond donors (Lipinski definition) is 1. The van der Waals surface area contributed by atoms with Crippen LogP contribution in [0.1, 0.15) is 48.9 Å². The van der Waals surface area contributed by atoms with Crippen LogP contribution in [0.5, 0.6) is 0 Å². The maximum absolute atomic E-state index is 4.66. The quantitative estimate of drug-likeness (QED) is 0.918. The van der Waals surface area contributed by atoms with E-state index in [4.69, 9.17) is 0 Å². The lowest BCUT2D eigenvalue weighted by Crippen LogP contribution is -2.11. The summed E-state index contributed by atoms with van der Waals surface area (Å²) in [4.78, 5) is 0.946. The predicted octanol–water partition coefficient (Wildman–Crippen LogP) is 2.00. The summed E-state index contributed by atoms with van der Waals surface area (Å²) in [5.74, 6) is 1.64. The number of nitrogens with zero attached hydrogens (tertiary/aromatic N) is 4. The van der Waals surface area contributed by atoms with Gasteiger partial charge < -0.3 is 5.32 Å². The maximum atomic E-state index is 4.66. The van der Waals surface area contributed by atoms with Gasteiger partial charge in [0.2, 0.25) is 4.96 Å². The first-order valence-electron chi connectivity index (χ1n) is 6.74. The average Bonchev–Trinajstić information content (AvgIpc) is 2.96. The number of fused-ring (bicyclic) bond motifs is 1. The molecule has 6 heteroatoms. The van der Waals surface area contributed by atoms with Gasteiger partial charge in [-0.05, 0) is 19.9 Å². The normalized spacial score (nSPS) is 17.6. The van der Waals surface area contributed by atoms with Gasteiger partial charge in [0.15, 0.2) is 5.82 Å². The molecule has 0 unspecified atom stereocenters. The third-order valence-electron chi connectivity index (χ3n) is 3.62. The average molecular weight is 265 g/mol. The highest BCUT2D eigenvalue weighted by Gasteiger charge is 2.22. The van der Waals surface area contributed by atoms with Crippen LogP contribution < -0.4 is 5.32 Å². The largest absolute Gasteiger partial charge is 0.319 e. The highest BCUT2D eigenvalue weighted by molar-refractivity contribution is 7.16. The Morgan fingerprint density at radius 2 is 2.11 bits per heavy atom. The zero-order valence-electron chi connectivity index (χ0n) is 10.7. The van der Waals surface area contributed by atoms with E-state index in [0.717, 1.165) is 28.8 Å². The number of aromatic nitrogens is 4. The van der Waals surface area contributed by atoms with Crippen molar-refractivity contribution in [3.63, 3.8) is 0 Å². The molecule has 0 radical (unpaired) electrons. The van der Waals surface area contributed by atoms with Crippen molar-refractivity contribution in [1.29, 1.82) is 0 Å². The molecule has 0 spiro atoms. The second-order valence-electron chi connectivity index (χ2n) is 4.94. The molecule has 5 nitrogen and oxygen atoms in total. The van der Waals surface area contributed by atoms with Gasteiger partial charge in [0, 0.05) is 18.9 Å². The Kier molecular flexibility index (Phi) is 3.56. The Balaban J connectivity index is 1.85. The van der Waals surface area contributed by atoms with Gasteiger partial charge in [-0.25, -0.2) is 0 Å². The van der Waals surface area contributed by atoms with Crippen molar-refractivity contribution >= 4 is 16.3 Å². The lowest BCUT2D eigenvalue weighted by atomic mass is 9.89. The number of likely N-dealkylation sites (N-methyl/N-ethyl adjacent to an activating group) is 1. The summed E-state index contributed by atoms with van der Waals surface area (Å²) in [5.41, 5.74) is 0. The lowest BCUT2D eigenvalue weighted by Gasteiger charge is -2.18. The molecule has 1 aliphatic rings. The van der Waals surface area contributed by atoms with Gasteiger partial charge in [0.05, 0.1) is 0 Å². The van der Waals surface area contributed by atoms with Crippen LogP contribution in [0.3, 0.4) is 0 Å². The lowest BCUT2D eigenvalue weighted by molar-refractivity contribution is 0.423. The van der Waals surface area contributed by atoms with Crippen molar-refractivity contribution in [3.8, 4) is 0 Å². The van der Waals surface area contributed by atoms with Crippen molar-refractivity contribution in [2.75, 3.05) is 13.6 Å². The molecule has 2 heterocycles. The molecule has 0 saturated heterocycles. The van der Waals surface area contributed by atoms with Gasteiger partial charge in [-0.15, -0.1) is 10.2 Å². The fourth-order valence-corrected chi connectivity index (χ4v) is 3.46. The third kappa shape index (κ3) is 2.27. The molecule has 1 aliphatic carbocycles. The summed E-state index contributed by atoms with van der Waals surface area (Å²) in [7, 11) is 1.97. The fourth-order valence-electron chi connectivity index (χ4n) is 2.62. The molecule has 0 bridgehead atoms. The zero-order valence-corrected chi connectivity index (χ0v) is 11.5.